The van der Waals surface area contributed by atoms with Crippen LogP contribution in [0.1, 0.15) is 50.7 Å². The summed E-state index contributed by atoms with van der Waals surface area (Å²) in [6, 6.07) is 15.2. The minimum absolute atomic E-state index is 0.278. The second kappa shape index (κ2) is 9.49. The number of aryl methyl sites for hydroxylation is 1. The van der Waals surface area contributed by atoms with Crippen molar-refractivity contribution in [3.05, 3.63) is 59.7 Å². The highest BCUT2D eigenvalue weighted by Crippen LogP contribution is 2.37. The monoisotopic (exact) mass is 461 g/mol. The number of aliphatic imine (C=N–C) groups is 1. The minimum atomic E-state index is -1.03. The lowest BCUT2D eigenvalue weighted by Gasteiger charge is -2.40. The molecule has 180 valence electrons. The number of benzene rings is 2. The fourth-order valence-electron chi connectivity index (χ4n) is 4.84. The molecule has 0 aromatic heterocycles. The Balaban J connectivity index is 1.62. The van der Waals surface area contributed by atoms with Crippen LogP contribution in [0.3, 0.4) is 0 Å². The van der Waals surface area contributed by atoms with Crippen molar-refractivity contribution in [2.45, 2.75) is 58.7 Å². The number of carbonyl (C=O) groups is 2. The van der Waals surface area contributed by atoms with E-state index in [0.717, 1.165) is 48.3 Å². The summed E-state index contributed by atoms with van der Waals surface area (Å²) in [6.07, 6.45) is 3.41. The van der Waals surface area contributed by atoms with E-state index in [4.69, 9.17) is 4.99 Å². The molecule has 1 aliphatic heterocycles. The SMILES string of the molecule is Cc1cccc(NC(=O)N[C@@H]2N=C(N(C)C3CCC(C)(C)CC3)c3ccccc3N(C)C2=O)c1. The van der Waals surface area contributed by atoms with Gasteiger partial charge in [0.1, 0.15) is 5.84 Å². The van der Waals surface area contributed by atoms with Crippen LogP contribution in [-0.2, 0) is 4.79 Å². The first-order valence-corrected chi connectivity index (χ1v) is 12.0. The van der Waals surface area contributed by atoms with Crippen LogP contribution in [0, 0.1) is 12.3 Å². The predicted molar refractivity (Wildman–Crippen MR) is 137 cm³/mol. The number of para-hydroxylation sites is 1. The number of likely N-dealkylation sites (N-methyl/N-ethyl adjacent to an activating group) is 1. The van der Waals surface area contributed by atoms with Gasteiger partial charge < -0.3 is 20.4 Å². The summed E-state index contributed by atoms with van der Waals surface area (Å²) in [7, 11) is 3.79. The summed E-state index contributed by atoms with van der Waals surface area (Å²) < 4.78 is 0. The maximum atomic E-state index is 13.3. The smallest absolute Gasteiger partial charge is 0.321 e. The van der Waals surface area contributed by atoms with Crippen molar-refractivity contribution >= 4 is 29.1 Å². The van der Waals surface area contributed by atoms with E-state index in [1.54, 1.807) is 11.9 Å². The number of urea groups is 1. The summed E-state index contributed by atoms with van der Waals surface area (Å²) in [5, 5.41) is 5.61. The van der Waals surface area contributed by atoms with Crippen molar-refractivity contribution < 1.29 is 9.59 Å². The Bertz CT molecular complexity index is 1100. The summed E-state index contributed by atoms with van der Waals surface area (Å²) in [5.41, 5.74) is 3.75. The normalized spacial score (nSPS) is 20.1. The third-order valence-corrected chi connectivity index (χ3v) is 7.06. The van der Waals surface area contributed by atoms with Gasteiger partial charge in [0.15, 0.2) is 0 Å². The third kappa shape index (κ3) is 5.08. The van der Waals surface area contributed by atoms with Gasteiger partial charge in [0, 0.05) is 31.4 Å². The first-order valence-electron chi connectivity index (χ1n) is 12.0. The lowest BCUT2D eigenvalue weighted by atomic mass is 9.75. The molecule has 7 nitrogen and oxygen atoms in total. The number of fused-ring (bicyclic) bond motifs is 1. The van der Waals surface area contributed by atoms with E-state index in [-0.39, 0.29) is 5.91 Å². The summed E-state index contributed by atoms with van der Waals surface area (Å²) in [4.78, 5) is 34.8. The molecule has 4 rings (SSSR count). The van der Waals surface area contributed by atoms with Crippen molar-refractivity contribution in [1.29, 1.82) is 0 Å². The number of rotatable bonds is 3. The highest BCUT2D eigenvalue weighted by Gasteiger charge is 2.35. The van der Waals surface area contributed by atoms with Crippen molar-refractivity contribution in [1.82, 2.24) is 10.2 Å². The fourth-order valence-corrected chi connectivity index (χ4v) is 4.84. The second-order valence-corrected chi connectivity index (χ2v) is 10.2. The molecule has 1 atom stereocenters. The largest absolute Gasteiger partial charge is 0.356 e. The van der Waals surface area contributed by atoms with E-state index >= 15 is 0 Å². The van der Waals surface area contributed by atoms with Gasteiger partial charge in [-0.25, -0.2) is 9.79 Å². The van der Waals surface area contributed by atoms with E-state index in [9.17, 15) is 9.59 Å². The summed E-state index contributed by atoms with van der Waals surface area (Å²) in [5.74, 6) is 0.457. The standard InChI is InChI=1S/C27H35N5O2/c1-18-9-8-10-19(17-18)28-26(34)30-23-25(33)32(5)22-12-7-6-11-21(22)24(29-23)31(4)20-13-15-27(2,3)16-14-20/h6-12,17,20,23H,13-16H2,1-5H3,(H2,28,30,34)/t23-/m0/s1. The van der Waals surface area contributed by atoms with Gasteiger partial charge in [-0.15, -0.1) is 0 Å². The molecule has 2 aliphatic rings. The average molecular weight is 462 g/mol. The van der Waals surface area contributed by atoms with Crippen LogP contribution in [0.4, 0.5) is 16.2 Å². The lowest BCUT2D eigenvalue weighted by Crippen LogP contribution is -2.48. The number of amides is 3. The fraction of sp³-hybridized carbons (Fsp3) is 0.444. The highest BCUT2D eigenvalue weighted by atomic mass is 16.2. The molecule has 2 aromatic rings. The molecular weight excluding hydrogens is 426 g/mol. The van der Waals surface area contributed by atoms with Crippen molar-refractivity contribution in [2.24, 2.45) is 10.4 Å². The number of carbonyl (C=O) groups excluding carboxylic acids is 2. The first-order chi connectivity index (χ1) is 16.1. The predicted octanol–water partition coefficient (Wildman–Crippen LogP) is 4.77. The quantitative estimate of drug-likeness (QED) is 0.691. The Hall–Kier alpha value is -3.35. The number of amidine groups is 1. The van der Waals surface area contributed by atoms with E-state index in [1.807, 2.05) is 55.5 Å². The van der Waals surface area contributed by atoms with E-state index in [0.29, 0.717) is 17.1 Å². The maximum Gasteiger partial charge on any atom is 0.321 e. The Labute approximate surface area is 202 Å². The molecule has 0 saturated heterocycles. The molecule has 1 fully saturated rings. The van der Waals surface area contributed by atoms with Crippen molar-refractivity contribution in [3.63, 3.8) is 0 Å². The van der Waals surface area contributed by atoms with Crippen LogP contribution in [0.25, 0.3) is 0 Å². The zero-order valence-corrected chi connectivity index (χ0v) is 20.8. The molecule has 0 unspecified atom stereocenters. The van der Waals surface area contributed by atoms with Gasteiger partial charge in [-0.1, -0.05) is 38.1 Å². The van der Waals surface area contributed by atoms with Crippen LogP contribution >= 0.6 is 0 Å². The van der Waals surface area contributed by atoms with Crippen LogP contribution in [0.15, 0.2) is 53.5 Å². The second-order valence-electron chi connectivity index (χ2n) is 10.2. The summed E-state index contributed by atoms with van der Waals surface area (Å²) in [6.45, 7) is 6.60. The Morgan fingerprint density at radius 1 is 1.12 bits per heavy atom. The molecule has 2 N–H and O–H groups in total. The zero-order valence-electron chi connectivity index (χ0n) is 20.8. The summed E-state index contributed by atoms with van der Waals surface area (Å²) >= 11 is 0. The third-order valence-electron chi connectivity index (χ3n) is 7.06. The molecule has 2 aromatic carbocycles. The molecule has 3 amide bonds. The molecule has 1 aliphatic carbocycles. The van der Waals surface area contributed by atoms with Crippen molar-refractivity contribution in [2.75, 3.05) is 24.3 Å². The number of nitrogens with one attached hydrogen (secondary N) is 2. The maximum absolute atomic E-state index is 13.3. The van der Waals surface area contributed by atoms with Crippen LogP contribution in [-0.4, -0.2) is 49.0 Å². The molecule has 7 heteroatoms. The number of hydrogen-bond donors (Lipinski definition) is 2. The van der Waals surface area contributed by atoms with Gasteiger partial charge in [-0.2, -0.15) is 0 Å². The van der Waals surface area contributed by atoms with Crippen LogP contribution < -0.4 is 15.5 Å². The molecule has 34 heavy (non-hydrogen) atoms. The minimum Gasteiger partial charge on any atom is -0.356 e. The van der Waals surface area contributed by atoms with Gasteiger partial charge in [0.2, 0.25) is 6.17 Å². The van der Waals surface area contributed by atoms with Crippen LogP contribution in [0.5, 0.6) is 0 Å². The Morgan fingerprint density at radius 2 is 1.82 bits per heavy atom. The average Bonchev–Trinajstić information content (AvgIpc) is 2.89. The number of anilines is 2. The first kappa shape index (κ1) is 23.8. The van der Waals surface area contributed by atoms with Gasteiger partial charge >= 0.3 is 6.03 Å². The van der Waals surface area contributed by atoms with Crippen LogP contribution in [0.2, 0.25) is 0 Å². The topological polar surface area (TPSA) is 77.0 Å². The van der Waals surface area contributed by atoms with Crippen molar-refractivity contribution in [3.8, 4) is 0 Å². The zero-order chi connectivity index (χ0) is 24.5. The molecule has 0 radical (unpaired) electrons. The highest BCUT2D eigenvalue weighted by molar-refractivity contribution is 6.12. The van der Waals surface area contributed by atoms with Gasteiger partial charge in [0.25, 0.3) is 5.91 Å². The lowest BCUT2D eigenvalue weighted by molar-refractivity contribution is -0.119. The molecule has 0 spiro atoms. The van der Waals surface area contributed by atoms with Gasteiger partial charge in [0.05, 0.1) is 5.69 Å². The molecule has 1 heterocycles. The molecule has 0 bridgehead atoms. The Morgan fingerprint density at radius 3 is 2.53 bits per heavy atom. The Kier molecular flexibility index (Phi) is 6.64. The number of nitrogens with zero attached hydrogens (tertiary/aromatic N) is 3. The molecular formula is C27H35N5O2. The van der Waals surface area contributed by atoms with E-state index in [1.165, 1.54) is 0 Å². The molecule has 1 saturated carbocycles. The van der Waals surface area contributed by atoms with Gasteiger partial charge in [-0.05, 0) is 67.9 Å². The van der Waals surface area contributed by atoms with E-state index in [2.05, 4.69) is 36.4 Å². The number of benzodiazepines with no additional fused rings is 1. The van der Waals surface area contributed by atoms with Gasteiger partial charge in [-0.3, -0.25) is 4.79 Å². The van der Waals surface area contributed by atoms with E-state index < -0.39 is 12.2 Å². The number of hydrogen-bond acceptors (Lipinski definition) is 4.